The molecule has 0 bridgehead atoms. The molecule has 0 saturated heterocycles. The van der Waals surface area contributed by atoms with Crippen molar-refractivity contribution in [1.29, 1.82) is 0 Å². The minimum Gasteiger partial charge on any atom is -0.384 e. The highest BCUT2D eigenvalue weighted by molar-refractivity contribution is 9.10. The monoisotopic (exact) mass is 346 g/mol. The van der Waals surface area contributed by atoms with E-state index in [-0.39, 0.29) is 6.03 Å². The van der Waals surface area contributed by atoms with Crippen LogP contribution in [0.4, 0.5) is 10.5 Å². The van der Waals surface area contributed by atoms with Gasteiger partial charge in [0.2, 0.25) is 0 Å². The van der Waals surface area contributed by atoms with Crippen molar-refractivity contribution in [1.82, 2.24) is 4.90 Å². The van der Waals surface area contributed by atoms with E-state index in [9.17, 15) is 9.90 Å². The van der Waals surface area contributed by atoms with Gasteiger partial charge in [-0.25, -0.2) is 4.79 Å². The molecule has 0 saturated carbocycles. The molecule has 0 radical (unpaired) electrons. The SMILES string of the molecule is CN1Cc2cc(C(O)c3cccc(Br)c3)ccc2NC1=O. The van der Waals surface area contributed by atoms with Crippen molar-refractivity contribution >= 4 is 27.6 Å². The summed E-state index contributed by atoms with van der Waals surface area (Å²) in [6.07, 6.45) is -0.685. The quantitative estimate of drug-likeness (QED) is 0.874. The first-order chi connectivity index (χ1) is 10.0. The molecule has 1 aliphatic rings. The van der Waals surface area contributed by atoms with Gasteiger partial charge in [0.25, 0.3) is 0 Å². The average molecular weight is 347 g/mol. The number of carbonyl (C=O) groups excluding carboxylic acids is 1. The summed E-state index contributed by atoms with van der Waals surface area (Å²) in [5.41, 5.74) is 3.46. The summed E-state index contributed by atoms with van der Waals surface area (Å²) >= 11 is 3.41. The Morgan fingerprint density at radius 2 is 2.00 bits per heavy atom. The van der Waals surface area contributed by atoms with E-state index in [4.69, 9.17) is 0 Å². The molecule has 2 amide bonds. The third-order valence-corrected chi connectivity index (χ3v) is 4.10. The standard InChI is InChI=1S/C16H15BrN2O2/c1-19-9-12-7-11(5-6-14(12)18-16(19)21)15(20)10-3-2-4-13(17)8-10/h2-8,15,20H,9H2,1H3,(H,18,21). The van der Waals surface area contributed by atoms with Crippen LogP contribution < -0.4 is 5.32 Å². The molecule has 1 unspecified atom stereocenters. The Morgan fingerprint density at radius 3 is 2.76 bits per heavy atom. The first-order valence-corrected chi connectivity index (χ1v) is 7.42. The third-order valence-electron chi connectivity index (χ3n) is 3.61. The third kappa shape index (κ3) is 2.80. The van der Waals surface area contributed by atoms with Gasteiger partial charge in [0.15, 0.2) is 0 Å². The molecule has 108 valence electrons. The number of hydrogen-bond acceptors (Lipinski definition) is 2. The maximum absolute atomic E-state index is 11.6. The fraction of sp³-hybridized carbons (Fsp3) is 0.188. The van der Waals surface area contributed by atoms with Crippen LogP contribution in [0, 0.1) is 0 Å². The van der Waals surface area contributed by atoms with Gasteiger partial charge in [0.05, 0.1) is 0 Å². The highest BCUT2D eigenvalue weighted by Crippen LogP contribution is 2.29. The fourth-order valence-corrected chi connectivity index (χ4v) is 2.86. The predicted octanol–water partition coefficient (Wildman–Crippen LogP) is 3.51. The number of rotatable bonds is 2. The van der Waals surface area contributed by atoms with E-state index >= 15 is 0 Å². The van der Waals surface area contributed by atoms with Crippen molar-refractivity contribution < 1.29 is 9.90 Å². The number of hydrogen-bond donors (Lipinski definition) is 2. The van der Waals surface area contributed by atoms with E-state index in [2.05, 4.69) is 21.2 Å². The lowest BCUT2D eigenvalue weighted by atomic mass is 9.98. The highest BCUT2D eigenvalue weighted by atomic mass is 79.9. The van der Waals surface area contributed by atoms with Gasteiger partial charge in [-0.15, -0.1) is 0 Å². The summed E-state index contributed by atoms with van der Waals surface area (Å²) in [7, 11) is 1.75. The summed E-state index contributed by atoms with van der Waals surface area (Å²) < 4.78 is 0.934. The fourth-order valence-electron chi connectivity index (χ4n) is 2.44. The van der Waals surface area contributed by atoms with Crippen LogP contribution in [0.25, 0.3) is 0 Å². The van der Waals surface area contributed by atoms with Gasteiger partial charge in [0, 0.05) is 23.8 Å². The van der Waals surface area contributed by atoms with E-state index in [1.807, 2.05) is 42.5 Å². The first-order valence-electron chi connectivity index (χ1n) is 6.63. The van der Waals surface area contributed by atoms with Gasteiger partial charge in [0.1, 0.15) is 6.10 Å². The van der Waals surface area contributed by atoms with Crippen LogP contribution >= 0.6 is 15.9 Å². The number of aliphatic hydroxyl groups is 1. The minimum atomic E-state index is -0.685. The molecule has 2 N–H and O–H groups in total. The number of nitrogens with one attached hydrogen (secondary N) is 1. The zero-order chi connectivity index (χ0) is 15.0. The van der Waals surface area contributed by atoms with Crippen LogP contribution in [0.3, 0.4) is 0 Å². The molecule has 1 atom stereocenters. The number of amides is 2. The van der Waals surface area contributed by atoms with Crippen molar-refractivity contribution in [3.05, 3.63) is 63.6 Å². The number of aliphatic hydroxyl groups excluding tert-OH is 1. The number of fused-ring (bicyclic) bond motifs is 1. The molecule has 0 fully saturated rings. The van der Waals surface area contributed by atoms with E-state index in [0.29, 0.717) is 6.54 Å². The maximum atomic E-state index is 11.6. The van der Waals surface area contributed by atoms with Crippen LogP contribution in [0.5, 0.6) is 0 Å². The van der Waals surface area contributed by atoms with Crippen LogP contribution in [-0.2, 0) is 6.54 Å². The lowest BCUT2D eigenvalue weighted by Gasteiger charge is -2.26. The van der Waals surface area contributed by atoms with Crippen molar-refractivity contribution in [2.24, 2.45) is 0 Å². The molecule has 5 heteroatoms. The maximum Gasteiger partial charge on any atom is 0.321 e. The number of nitrogens with zero attached hydrogens (tertiary/aromatic N) is 1. The normalized spacial score (nSPS) is 15.4. The van der Waals surface area contributed by atoms with Crippen LogP contribution in [-0.4, -0.2) is 23.1 Å². The topological polar surface area (TPSA) is 52.6 Å². The summed E-state index contributed by atoms with van der Waals surface area (Å²) in [6, 6.07) is 13.1. The Bertz CT molecular complexity index is 702. The van der Waals surface area contributed by atoms with Gasteiger partial charge in [-0.05, 0) is 41.0 Å². The highest BCUT2D eigenvalue weighted by Gasteiger charge is 2.21. The molecule has 0 aliphatic carbocycles. The number of urea groups is 1. The summed E-state index contributed by atoms with van der Waals surface area (Å²) in [5.74, 6) is 0. The summed E-state index contributed by atoms with van der Waals surface area (Å²) in [6.45, 7) is 0.542. The Balaban J connectivity index is 1.93. The van der Waals surface area contributed by atoms with Gasteiger partial charge in [-0.1, -0.05) is 34.1 Å². The molecule has 0 spiro atoms. The second-order valence-electron chi connectivity index (χ2n) is 5.16. The lowest BCUT2D eigenvalue weighted by Crippen LogP contribution is -2.35. The molecule has 2 aromatic rings. The second-order valence-corrected chi connectivity index (χ2v) is 6.08. The van der Waals surface area contributed by atoms with Crippen molar-refractivity contribution in [3.8, 4) is 0 Å². The van der Waals surface area contributed by atoms with Crippen molar-refractivity contribution in [2.45, 2.75) is 12.6 Å². The smallest absolute Gasteiger partial charge is 0.321 e. The van der Waals surface area contributed by atoms with E-state index in [1.54, 1.807) is 11.9 Å². The molecule has 21 heavy (non-hydrogen) atoms. The zero-order valence-corrected chi connectivity index (χ0v) is 13.1. The number of anilines is 1. The Kier molecular flexibility index (Phi) is 3.69. The van der Waals surface area contributed by atoms with Crippen molar-refractivity contribution in [2.75, 3.05) is 12.4 Å². The molecule has 3 rings (SSSR count). The molecule has 0 aromatic heterocycles. The molecule has 4 nitrogen and oxygen atoms in total. The van der Waals surface area contributed by atoms with E-state index in [1.165, 1.54) is 0 Å². The van der Waals surface area contributed by atoms with Crippen molar-refractivity contribution in [3.63, 3.8) is 0 Å². The zero-order valence-electron chi connectivity index (χ0n) is 11.5. The summed E-state index contributed by atoms with van der Waals surface area (Å²) in [4.78, 5) is 13.2. The molecular formula is C16H15BrN2O2. The summed E-state index contributed by atoms with van der Waals surface area (Å²) in [5, 5.41) is 13.3. The van der Waals surface area contributed by atoms with E-state index in [0.717, 1.165) is 26.9 Å². The molecule has 2 aromatic carbocycles. The number of halogens is 1. The Morgan fingerprint density at radius 1 is 1.24 bits per heavy atom. The van der Waals surface area contributed by atoms with Crippen LogP contribution in [0.15, 0.2) is 46.9 Å². The Labute approximate surface area is 131 Å². The van der Waals surface area contributed by atoms with E-state index < -0.39 is 6.10 Å². The minimum absolute atomic E-state index is 0.109. The second kappa shape index (κ2) is 5.50. The number of benzene rings is 2. The lowest BCUT2D eigenvalue weighted by molar-refractivity contribution is 0.217. The van der Waals surface area contributed by atoms with Gasteiger partial charge < -0.3 is 15.3 Å². The predicted molar refractivity (Wildman–Crippen MR) is 85.1 cm³/mol. The van der Waals surface area contributed by atoms with Gasteiger partial charge >= 0.3 is 6.03 Å². The molecular weight excluding hydrogens is 332 g/mol. The molecule has 1 heterocycles. The molecule has 1 aliphatic heterocycles. The van der Waals surface area contributed by atoms with Crippen LogP contribution in [0.1, 0.15) is 22.8 Å². The van der Waals surface area contributed by atoms with Gasteiger partial charge in [-0.2, -0.15) is 0 Å². The average Bonchev–Trinajstić information content (AvgIpc) is 2.47. The first kappa shape index (κ1) is 14.1. The number of carbonyl (C=O) groups is 1. The van der Waals surface area contributed by atoms with Crippen LogP contribution in [0.2, 0.25) is 0 Å². The van der Waals surface area contributed by atoms with Gasteiger partial charge in [-0.3, -0.25) is 0 Å². The Hall–Kier alpha value is -1.85. The largest absolute Gasteiger partial charge is 0.384 e.